The van der Waals surface area contributed by atoms with E-state index in [2.05, 4.69) is 0 Å². The molecule has 0 spiro atoms. The van der Waals surface area contributed by atoms with E-state index in [9.17, 15) is 13.2 Å². The van der Waals surface area contributed by atoms with E-state index < -0.39 is 22.2 Å². The van der Waals surface area contributed by atoms with Crippen molar-refractivity contribution in [3.8, 4) is 0 Å². The fourth-order valence-corrected chi connectivity index (χ4v) is 4.32. The minimum Gasteiger partial charge on any atom is -0.446 e. The van der Waals surface area contributed by atoms with Gasteiger partial charge in [0.05, 0.1) is 5.75 Å². The summed E-state index contributed by atoms with van der Waals surface area (Å²) in [4.78, 5) is 10.9. The van der Waals surface area contributed by atoms with Crippen molar-refractivity contribution in [2.24, 2.45) is 5.92 Å². The highest BCUT2D eigenvalue weighted by molar-refractivity contribution is 7.89. The zero-order valence-corrected chi connectivity index (χ0v) is 9.50. The molecule has 2 saturated heterocycles. The normalized spacial score (nSPS) is 38.3. The van der Waals surface area contributed by atoms with Crippen molar-refractivity contribution >= 4 is 16.0 Å². The Balaban J connectivity index is 2.20. The van der Waals surface area contributed by atoms with E-state index in [1.165, 1.54) is 11.2 Å². The van der Waals surface area contributed by atoms with Crippen LogP contribution in [0.3, 0.4) is 0 Å². The average Bonchev–Trinajstić information content (AvgIpc) is 2.28. The van der Waals surface area contributed by atoms with Crippen LogP contribution in [-0.4, -0.2) is 37.2 Å². The molecule has 2 rings (SSSR count). The topological polar surface area (TPSA) is 63.7 Å². The molecule has 5 nitrogen and oxygen atoms in total. The first-order chi connectivity index (χ1) is 6.99. The predicted molar refractivity (Wildman–Crippen MR) is 53.4 cm³/mol. The number of sulfonamides is 1. The standard InChI is InChI=1S/C9H15NO4S/c1-7(11)14-9-4-2-3-8-5-10(9)15(12,13)6-8/h8-9H,2-6H2,1H3/t8-,9+/m0/s1. The number of nitrogens with zero attached hydrogens (tertiary/aromatic N) is 1. The summed E-state index contributed by atoms with van der Waals surface area (Å²) in [5.74, 6) is 0.0150. The lowest BCUT2D eigenvalue weighted by molar-refractivity contribution is -0.152. The summed E-state index contributed by atoms with van der Waals surface area (Å²) < 4.78 is 29.8. The van der Waals surface area contributed by atoms with Crippen LogP contribution in [0.2, 0.25) is 0 Å². The maximum Gasteiger partial charge on any atom is 0.304 e. The van der Waals surface area contributed by atoms with Crippen molar-refractivity contribution in [2.45, 2.75) is 32.4 Å². The molecule has 2 bridgehead atoms. The highest BCUT2D eigenvalue weighted by atomic mass is 32.2. The fourth-order valence-electron chi connectivity index (χ4n) is 2.32. The first-order valence-electron chi connectivity index (χ1n) is 5.16. The summed E-state index contributed by atoms with van der Waals surface area (Å²) >= 11 is 0. The number of hydrogen-bond donors (Lipinski definition) is 0. The Morgan fingerprint density at radius 2 is 2.13 bits per heavy atom. The number of carbonyl (C=O) groups is 1. The number of carbonyl (C=O) groups excluding carboxylic acids is 1. The molecule has 3 atom stereocenters. The van der Waals surface area contributed by atoms with Crippen molar-refractivity contribution in [3.05, 3.63) is 0 Å². The molecule has 0 aromatic carbocycles. The Morgan fingerprint density at radius 1 is 1.40 bits per heavy atom. The number of esters is 1. The molecule has 0 amide bonds. The lowest BCUT2D eigenvalue weighted by atomic mass is 10.1. The third-order valence-corrected chi connectivity index (χ3v) is 4.92. The molecule has 0 aliphatic carbocycles. The molecule has 2 aliphatic heterocycles. The number of hydrogen-bond acceptors (Lipinski definition) is 4. The largest absolute Gasteiger partial charge is 0.446 e. The molecule has 2 aliphatic rings. The molecule has 0 N–H and O–H groups in total. The summed E-state index contributed by atoms with van der Waals surface area (Å²) in [6, 6.07) is 0. The minimum absolute atomic E-state index is 0.213. The van der Waals surface area contributed by atoms with E-state index in [0.717, 1.165) is 12.8 Å². The number of rotatable bonds is 1. The Bertz CT molecular complexity index is 364. The Hall–Kier alpha value is -0.620. The monoisotopic (exact) mass is 233 g/mol. The fraction of sp³-hybridized carbons (Fsp3) is 0.889. The molecule has 2 fully saturated rings. The zero-order valence-electron chi connectivity index (χ0n) is 8.68. The van der Waals surface area contributed by atoms with Crippen molar-refractivity contribution < 1.29 is 17.9 Å². The van der Waals surface area contributed by atoms with Gasteiger partial charge in [-0.1, -0.05) is 0 Å². The summed E-state index contributed by atoms with van der Waals surface area (Å²) in [6.07, 6.45) is 1.89. The zero-order chi connectivity index (χ0) is 11.1. The second-order valence-corrected chi connectivity index (χ2v) is 6.18. The van der Waals surface area contributed by atoms with Crippen LogP contribution in [0.15, 0.2) is 0 Å². The van der Waals surface area contributed by atoms with E-state index in [4.69, 9.17) is 4.74 Å². The lowest BCUT2D eigenvalue weighted by Gasteiger charge is -2.24. The molecule has 86 valence electrons. The second kappa shape index (κ2) is 3.75. The van der Waals surface area contributed by atoms with Gasteiger partial charge < -0.3 is 4.74 Å². The minimum atomic E-state index is -3.19. The molecule has 0 aromatic rings. The summed E-state index contributed by atoms with van der Waals surface area (Å²) in [6.45, 7) is 1.82. The second-order valence-electron chi connectivity index (χ2n) is 4.21. The first-order valence-corrected chi connectivity index (χ1v) is 6.77. The molecule has 1 unspecified atom stereocenters. The SMILES string of the molecule is CC(=O)O[C@@H]1CCC[C@H]2CN1S(=O)(=O)C2. The molecule has 0 radical (unpaired) electrons. The van der Waals surface area contributed by atoms with E-state index in [1.807, 2.05) is 0 Å². The van der Waals surface area contributed by atoms with Gasteiger partial charge in [0, 0.05) is 13.5 Å². The summed E-state index contributed by atoms with van der Waals surface area (Å²) in [7, 11) is -3.19. The molecule has 15 heavy (non-hydrogen) atoms. The highest BCUT2D eigenvalue weighted by Gasteiger charge is 2.43. The highest BCUT2D eigenvalue weighted by Crippen LogP contribution is 2.32. The molecular formula is C9H15NO4S. The van der Waals surface area contributed by atoms with E-state index in [-0.39, 0.29) is 11.7 Å². The maximum absolute atomic E-state index is 11.7. The van der Waals surface area contributed by atoms with Gasteiger partial charge in [0.2, 0.25) is 10.0 Å². The third-order valence-electron chi connectivity index (χ3n) is 2.93. The Labute approximate surface area is 89.4 Å². The van der Waals surface area contributed by atoms with Crippen molar-refractivity contribution in [1.82, 2.24) is 4.31 Å². The van der Waals surface area contributed by atoms with Gasteiger partial charge in [0.15, 0.2) is 6.23 Å². The van der Waals surface area contributed by atoms with Crippen LogP contribution < -0.4 is 0 Å². The van der Waals surface area contributed by atoms with Gasteiger partial charge in [-0.2, -0.15) is 4.31 Å². The van der Waals surface area contributed by atoms with Crippen molar-refractivity contribution in [3.63, 3.8) is 0 Å². The Kier molecular flexibility index (Phi) is 2.72. The quantitative estimate of drug-likeness (QED) is 0.612. The van der Waals surface area contributed by atoms with Crippen LogP contribution in [-0.2, 0) is 19.6 Å². The number of ether oxygens (including phenoxy) is 1. The van der Waals surface area contributed by atoms with E-state index in [0.29, 0.717) is 13.0 Å². The van der Waals surface area contributed by atoms with E-state index >= 15 is 0 Å². The van der Waals surface area contributed by atoms with Gasteiger partial charge in [-0.25, -0.2) is 8.42 Å². The van der Waals surface area contributed by atoms with Crippen LogP contribution in [0.4, 0.5) is 0 Å². The Morgan fingerprint density at radius 3 is 2.80 bits per heavy atom. The third kappa shape index (κ3) is 2.15. The van der Waals surface area contributed by atoms with Gasteiger partial charge in [-0.15, -0.1) is 0 Å². The van der Waals surface area contributed by atoms with Crippen molar-refractivity contribution in [1.29, 1.82) is 0 Å². The summed E-state index contributed by atoms with van der Waals surface area (Å²) in [5.41, 5.74) is 0. The summed E-state index contributed by atoms with van der Waals surface area (Å²) in [5, 5.41) is 0. The lowest BCUT2D eigenvalue weighted by Crippen LogP contribution is -2.39. The molecule has 0 saturated carbocycles. The average molecular weight is 233 g/mol. The first kappa shape index (κ1) is 10.9. The maximum atomic E-state index is 11.7. The van der Waals surface area contributed by atoms with Gasteiger partial charge in [-0.05, 0) is 25.2 Å². The molecular weight excluding hydrogens is 218 g/mol. The van der Waals surface area contributed by atoms with Crippen molar-refractivity contribution in [2.75, 3.05) is 12.3 Å². The van der Waals surface area contributed by atoms with Gasteiger partial charge >= 0.3 is 5.97 Å². The van der Waals surface area contributed by atoms with Crippen LogP contribution in [0.1, 0.15) is 26.2 Å². The van der Waals surface area contributed by atoms with Crippen LogP contribution in [0, 0.1) is 5.92 Å². The van der Waals surface area contributed by atoms with Gasteiger partial charge in [0.25, 0.3) is 0 Å². The van der Waals surface area contributed by atoms with Gasteiger partial charge in [-0.3, -0.25) is 4.79 Å². The van der Waals surface area contributed by atoms with Crippen LogP contribution in [0.25, 0.3) is 0 Å². The van der Waals surface area contributed by atoms with E-state index in [1.54, 1.807) is 0 Å². The van der Waals surface area contributed by atoms with Gasteiger partial charge in [0.1, 0.15) is 0 Å². The smallest absolute Gasteiger partial charge is 0.304 e. The number of fused-ring (bicyclic) bond motifs is 2. The van der Waals surface area contributed by atoms with Crippen LogP contribution in [0.5, 0.6) is 0 Å². The predicted octanol–water partition coefficient (Wildman–Crippen LogP) is 0.321. The molecule has 2 heterocycles. The van der Waals surface area contributed by atoms with Crippen LogP contribution >= 0.6 is 0 Å². The molecule has 0 aromatic heterocycles. The molecule has 6 heteroatoms.